The molecule has 0 spiro atoms. The van der Waals surface area contributed by atoms with E-state index in [-0.39, 0.29) is 6.61 Å². The van der Waals surface area contributed by atoms with E-state index in [4.69, 9.17) is 10.2 Å². The number of aryl methyl sites for hydroxylation is 1. The van der Waals surface area contributed by atoms with Gasteiger partial charge in [-0.25, -0.2) is 0 Å². The predicted molar refractivity (Wildman–Crippen MR) is 54.1 cm³/mol. The summed E-state index contributed by atoms with van der Waals surface area (Å²) in [5, 5.41) is 9.25. The molecule has 0 saturated heterocycles. The molecule has 78 valence electrons. The van der Waals surface area contributed by atoms with Crippen molar-refractivity contribution in [2.45, 2.75) is 38.1 Å². The molecular formula is C11H17NO2. The van der Waals surface area contributed by atoms with E-state index >= 15 is 0 Å². The van der Waals surface area contributed by atoms with Crippen LogP contribution in [0.4, 0.5) is 0 Å². The zero-order chi connectivity index (χ0) is 10.3. The lowest BCUT2D eigenvalue weighted by Crippen LogP contribution is -2.37. The molecule has 14 heavy (non-hydrogen) atoms. The van der Waals surface area contributed by atoms with Crippen molar-refractivity contribution in [2.75, 3.05) is 6.61 Å². The van der Waals surface area contributed by atoms with E-state index in [1.807, 2.05) is 6.07 Å². The van der Waals surface area contributed by atoms with Crippen molar-refractivity contribution < 1.29 is 9.52 Å². The van der Waals surface area contributed by atoms with Crippen LogP contribution in [-0.2, 0) is 12.0 Å². The summed E-state index contributed by atoms with van der Waals surface area (Å²) in [5.74, 6) is 2.31. The molecule has 0 saturated carbocycles. The minimum Gasteiger partial charge on any atom is -0.465 e. The van der Waals surface area contributed by atoms with Crippen molar-refractivity contribution in [1.82, 2.24) is 0 Å². The molecule has 1 aromatic rings. The lowest BCUT2D eigenvalue weighted by Gasteiger charge is -2.20. The van der Waals surface area contributed by atoms with Gasteiger partial charge in [-0.05, 0) is 12.5 Å². The first-order chi connectivity index (χ1) is 6.57. The third-order valence-electron chi connectivity index (χ3n) is 3.01. The third kappa shape index (κ3) is 1.28. The van der Waals surface area contributed by atoms with Crippen LogP contribution in [0.1, 0.15) is 43.3 Å². The maximum Gasteiger partial charge on any atom is 0.109 e. The van der Waals surface area contributed by atoms with Crippen LogP contribution in [0.2, 0.25) is 0 Å². The first-order valence-electron chi connectivity index (χ1n) is 5.09. The first kappa shape index (κ1) is 9.74. The van der Waals surface area contributed by atoms with Gasteiger partial charge in [0.05, 0.1) is 12.1 Å². The van der Waals surface area contributed by atoms with Gasteiger partial charge < -0.3 is 15.3 Å². The van der Waals surface area contributed by atoms with Gasteiger partial charge in [0, 0.05) is 17.9 Å². The van der Waals surface area contributed by atoms with E-state index in [1.165, 1.54) is 0 Å². The van der Waals surface area contributed by atoms with E-state index in [2.05, 4.69) is 13.8 Å². The Bertz CT molecular complexity index is 343. The summed E-state index contributed by atoms with van der Waals surface area (Å²) in [4.78, 5) is 0. The van der Waals surface area contributed by atoms with Crippen LogP contribution < -0.4 is 5.73 Å². The third-order valence-corrected chi connectivity index (χ3v) is 3.01. The van der Waals surface area contributed by atoms with Gasteiger partial charge in [0.25, 0.3) is 0 Å². The number of rotatable bonds is 2. The summed E-state index contributed by atoms with van der Waals surface area (Å²) in [7, 11) is 0. The molecule has 0 aromatic carbocycles. The van der Waals surface area contributed by atoms with Crippen LogP contribution in [0.3, 0.4) is 0 Å². The highest BCUT2D eigenvalue weighted by Gasteiger charge is 2.37. The highest BCUT2D eigenvalue weighted by atomic mass is 16.3. The molecule has 0 amide bonds. The van der Waals surface area contributed by atoms with Crippen molar-refractivity contribution in [2.24, 2.45) is 5.73 Å². The molecule has 0 fully saturated rings. The second-order valence-electron chi connectivity index (χ2n) is 4.45. The molecule has 1 unspecified atom stereocenters. The van der Waals surface area contributed by atoms with E-state index in [1.54, 1.807) is 0 Å². The Morgan fingerprint density at radius 1 is 1.64 bits per heavy atom. The summed E-state index contributed by atoms with van der Waals surface area (Å²) >= 11 is 0. The van der Waals surface area contributed by atoms with Crippen LogP contribution in [0.15, 0.2) is 10.5 Å². The number of aliphatic hydroxyl groups excluding tert-OH is 1. The van der Waals surface area contributed by atoms with Crippen LogP contribution in [-0.4, -0.2) is 11.7 Å². The molecule has 1 heterocycles. The molecule has 2 rings (SSSR count). The number of aliphatic hydroxyl groups is 1. The number of nitrogens with two attached hydrogens (primary N) is 1. The maximum absolute atomic E-state index is 9.25. The molecule has 0 radical (unpaired) electrons. The Balaban J connectivity index is 2.40. The summed E-state index contributed by atoms with van der Waals surface area (Å²) in [6.07, 6.45) is 1.63. The largest absolute Gasteiger partial charge is 0.465 e. The van der Waals surface area contributed by atoms with Crippen LogP contribution in [0, 0.1) is 0 Å². The second-order valence-corrected chi connectivity index (χ2v) is 4.45. The topological polar surface area (TPSA) is 59.4 Å². The molecule has 3 nitrogen and oxygen atoms in total. The summed E-state index contributed by atoms with van der Waals surface area (Å²) in [6.45, 7) is 4.17. The number of hydrogen-bond acceptors (Lipinski definition) is 3. The van der Waals surface area contributed by atoms with Crippen molar-refractivity contribution in [3.63, 3.8) is 0 Å². The standard InChI is InChI=1S/C11H17NO2/c1-7(2)10-5-8-9(14-10)3-4-11(8,12)6-13/h5,7,13H,3-4,6,12H2,1-2H3. The van der Waals surface area contributed by atoms with Gasteiger partial charge in [-0.3, -0.25) is 0 Å². The minimum absolute atomic E-state index is 0.00291. The molecule has 1 aromatic heterocycles. The fourth-order valence-corrected chi connectivity index (χ4v) is 1.98. The van der Waals surface area contributed by atoms with Gasteiger partial charge >= 0.3 is 0 Å². The molecule has 3 heteroatoms. The average Bonchev–Trinajstić information content (AvgIpc) is 2.68. The molecule has 3 N–H and O–H groups in total. The minimum atomic E-state index is -0.564. The summed E-state index contributed by atoms with van der Waals surface area (Å²) in [5.41, 5.74) is 6.51. The SMILES string of the molecule is CC(C)c1cc2c(o1)CCC2(N)CO. The van der Waals surface area contributed by atoms with Crippen molar-refractivity contribution in [3.8, 4) is 0 Å². The fraction of sp³-hybridized carbons (Fsp3) is 0.636. The Labute approximate surface area is 83.9 Å². The monoisotopic (exact) mass is 195 g/mol. The number of furan rings is 1. The zero-order valence-electron chi connectivity index (χ0n) is 8.71. The van der Waals surface area contributed by atoms with Gasteiger partial charge in [-0.15, -0.1) is 0 Å². The molecule has 1 aliphatic rings. The summed E-state index contributed by atoms with van der Waals surface area (Å²) < 4.78 is 5.69. The highest BCUT2D eigenvalue weighted by molar-refractivity contribution is 5.35. The van der Waals surface area contributed by atoms with Crippen LogP contribution in [0.25, 0.3) is 0 Å². The van der Waals surface area contributed by atoms with Gasteiger partial charge in [0.2, 0.25) is 0 Å². The van der Waals surface area contributed by atoms with E-state index in [9.17, 15) is 5.11 Å². The number of fused-ring (bicyclic) bond motifs is 1. The Kier molecular flexibility index (Phi) is 2.16. The molecule has 0 bridgehead atoms. The quantitative estimate of drug-likeness (QED) is 0.751. The highest BCUT2D eigenvalue weighted by Crippen LogP contribution is 2.38. The first-order valence-corrected chi connectivity index (χ1v) is 5.09. The van der Waals surface area contributed by atoms with Crippen molar-refractivity contribution >= 4 is 0 Å². The van der Waals surface area contributed by atoms with Crippen molar-refractivity contribution in [3.05, 3.63) is 23.2 Å². The van der Waals surface area contributed by atoms with E-state index in [0.717, 1.165) is 29.9 Å². The zero-order valence-corrected chi connectivity index (χ0v) is 8.71. The second kappa shape index (κ2) is 3.11. The molecule has 1 atom stereocenters. The van der Waals surface area contributed by atoms with E-state index in [0.29, 0.717) is 5.92 Å². The van der Waals surface area contributed by atoms with Crippen LogP contribution in [0.5, 0.6) is 0 Å². The average molecular weight is 195 g/mol. The Morgan fingerprint density at radius 2 is 2.36 bits per heavy atom. The van der Waals surface area contributed by atoms with Gasteiger partial charge in [0.15, 0.2) is 0 Å². The van der Waals surface area contributed by atoms with Gasteiger partial charge in [-0.2, -0.15) is 0 Å². The van der Waals surface area contributed by atoms with Crippen molar-refractivity contribution in [1.29, 1.82) is 0 Å². The lowest BCUT2D eigenvalue weighted by molar-refractivity contribution is 0.196. The van der Waals surface area contributed by atoms with Gasteiger partial charge in [-0.1, -0.05) is 13.8 Å². The van der Waals surface area contributed by atoms with Crippen LogP contribution >= 0.6 is 0 Å². The van der Waals surface area contributed by atoms with Gasteiger partial charge in [0.1, 0.15) is 11.5 Å². The maximum atomic E-state index is 9.25. The molecular weight excluding hydrogens is 178 g/mol. The fourth-order valence-electron chi connectivity index (χ4n) is 1.98. The van der Waals surface area contributed by atoms with E-state index < -0.39 is 5.54 Å². The summed E-state index contributed by atoms with van der Waals surface area (Å²) in [6, 6.07) is 2.00. The Morgan fingerprint density at radius 3 is 2.93 bits per heavy atom. The lowest BCUT2D eigenvalue weighted by atomic mass is 9.95. The Hall–Kier alpha value is -0.800. The predicted octanol–water partition coefficient (Wildman–Crippen LogP) is 1.50. The smallest absolute Gasteiger partial charge is 0.109 e. The molecule has 1 aliphatic carbocycles. The molecule has 0 aliphatic heterocycles. The number of hydrogen-bond donors (Lipinski definition) is 2. The normalized spacial score (nSPS) is 25.8.